The molecule has 102 valence electrons. The third-order valence-corrected chi connectivity index (χ3v) is 3.06. The molecule has 7 heteroatoms. The van der Waals surface area contributed by atoms with Gasteiger partial charge in [-0.05, 0) is 12.3 Å². The van der Waals surface area contributed by atoms with Crippen molar-refractivity contribution in [1.29, 1.82) is 0 Å². The summed E-state index contributed by atoms with van der Waals surface area (Å²) in [5.41, 5.74) is 5.75. The van der Waals surface area contributed by atoms with Crippen LogP contribution >= 0.6 is 0 Å². The third kappa shape index (κ3) is 2.66. The largest absolute Gasteiger partial charge is 0.393 e. The van der Waals surface area contributed by atoms with Crippen LogP contribution in [0.25, 0.3) is 0 Å². The van der Waals surface area contributed by atoms with Crippen LogP contribution in [0.15, 0.2) is 0 Å². The van der Waals surface area contributed by atoms with Gasteiger partial charge in [0.05, 0.1) is 18.5 Å². The third-order valence-electron chi connectivity index (χ3n) is 3.06. The Balaban J connectivity index is 2.22. The van der Waals surface area contributed by atoms with Crippen LogP contribution in [0.3, 0.4) is 0 Å². The summed E-state index contributed by atoms with van der Waals surface area (Å²) in [4.78, 5) is 4.25. The Morgan fingerprint density at radius 3 is 2.67 bits per heavy atom. The molecule has 0 bridgehead atoms. The first-order chi connectivity index (χ1) is 8.27. The van der Waals surface area contributed by atoms with Gasteiger partial charge in [-0.3, -0.25) is 0 Å². The Hall–Kier alpha value is -1.11. The minimum atomic E-state index is -4.22. The van der Waals surface area contributed by atoms with Crippen molar-refractivity contribution >= 4 is 0 Å². The first kappa shape index (κ1) is 13.3. The zero-order valence-corrected chi connectivity index (χ0v) is 10.4. The lowest BCUT2D eigenvalue weighted by atomic mass is 9.96. The van der Waals surface area contributed by atoms with Crippen molar-refractivity contribution in [2.24, 2.45) is 17.6 Å². The summed E-state index contributed by atoms with van der Waals surface area (Å²) in [6.07, 6.45) is -3.67. The molecule has 18 heavy (non-hydrogen) atoms. The number of nitrogens with zero attached hydrogens (tertiary/aromatic N) is 3. The van der Waals surface area contributed by atoms with E-state index in [1.165, 1.54) is 4.68 Å². The van der Waals surface area contributed by atoms with Crippen LogP contribution in [-0.2, 0) is 13.0 Å². The van der Waals surface area contributed by atoms with Crippen LogP contribution < -0.4 is 5.73 Å². The van der Waals surface area contributed by atoms with Crippen LogP contribution in [0.1, 0.15) is 38.0 Å². The zero-order valence-electron chi connectivity index (χ0n) is 10.4. The SMILES string of the molecule is CC(C)Cc1nc2n(n1)CC(C(F)(F)F)CC2N. The molecule has 2 heterocycles. The minimum absolute atomic E-state index is 0.108. The Morgan fingerprint density at radius 1 is 1.44 bits per heavy atom. The molecule has 1 aliphatic heterocycles. The van der Waals surface area contributed by atoms with Gasteiger partial charge in [-0.1, -0.05) is 13.8 Å². The fourth-order valence-corrected chi connectivity index (χ4v) is 2.20. The minimum Gasteiger partial charge on any atom is -0.321 e. The molecule has 0 radical (unpaired) electrons. The van der Waals surface area contributed by atoms with E-state index in [4.69, 9.17) is 5.73 Å². The maximum atomic E-state index is 12.7. The van der Waals surface area contributed by atoms with Gasteiger partial charge >= 0.3 is 6.18 Å². The van der Waals surface area contributed by atoms with E-state index < -0.39 is 18.1 Å². The maximum Gasteiger partial charge on any atom is 0.393 e. The topological polar surface area (TPSA) is 56.7 Å². The highest BCUT2D eigenvalue weighted by Crippen LogP contribution is 2.37. The monoisotopic (exact) mass is 262 g/mol. The molecule has 0 spiro atoms. The van der Waals surface area contributed by atoms with Gasteiger partial charge in [-0.15, -0.1) is 0 Å². The number of rotatable bonds is 2. The van der Waals surface area contributed by atoms with Crippen LogP contribution in [0.4, 0.5) is 13.2 Å². The molecule has 0 fully saturated rings. The van der Waals surface area contributed by atoms with Crippen molar-refractivity contribution in [3.63, 3.8) is 0 Å². The molecule has 2 atom stereocenters. The molecule has 1 aromatic heterocycles. The highest BCUT2D eigenvalue weighted by Gasteiger charge is 2.44. The van der Waals surface area contributed by atoms with E-state index in [9.17, 15) is 13.2 Å². The number of hydrogen-bond acceptors (Lipinski definition) is 3. The lowest BCUT2D eigenvalue weighted by Gasteiger charge is -2.28. The molecule has 4 nitrogen and oxygen atoms in total. The van der Waals surface area contributed by atoms with Gasteiger partial charge in [-0.25, -0.2) is 9.67 Å². The first-order valence-electron chi connectivity index (χ1n) is 6.03. The Morgan fingerprint density at radius 2 is 2.11 bits per heavy atom. The van der Waals surface area contributed by atoms with Crippen molar-refractivity contribution in [3.05, 3.63) is 11.6 Å². The highest BCUT2D eigenvalue weighted by atomic mass is 19.4. The normalized spacial score (nSPS) is 24.4. The van der Waals surface area contributed by atoms with Gasteiger partial charge in [0.15, 0.2) is 5.82 Å². The Kier molecular flexibility index (Phi) is 3.35. The van der Waals surface area contributed by atoms with Crippen molar-refractivity contribution in [1.82, 2.24) is 14.8 Å². The number of hydrogen-bond donors (Lipinski definition) is 1. The number of aromatic nitrogens is 3. The van der Waals surface area contributed by atoms with Gasteiger partial charge in [0.25, 0.3) is 0 Å². The van der Waals surface area contributed by atoms with Gasteiger partial charge in [0.2, 0.25) is 0 Å². The second-order valence-electron chi connectivity index (χ2n) is 5.25. The van der Waals surface area contributed by atoms with E-state index in [1.54, 1.807) is 0 Å². The summed E-state index contributed by atoms with van der Waals surface area (Å²) in [5.74, 6) is 0.00196. The molecular weight excluding hydrogens is 245 g/mol. The summed E-state index contributed by atoms with van der Waals surface area (Å²) in [6, 6.07) is -0.682. The molecule has 2 N–H and O–H groups in total. The van der Waals surface area contributed by atoms with Gasteiger partial charge in [-0.2, -0.15) is 18.3 Å². The second kappa shape index (κ2) is 4.53. The molecule has 2 unspecified atom stereocenters. The summed E-state index contributed by atoms with van der Waals surface area (Å²) in [7, 11) is 0. The van der Waals surface area contributed by atoms with Gasteiger partial charge in [0.1, 0.15) is 5.82 Å². The molecule has 0 aliphatic carbocycles. The average Bonchev–Trinajstić information content (AvgIpc) is 2.58. The maximum absolute atomic E-state index is 12.7. The molecule has 1 aromatic rings. The van der Waals surface area contributed by atoms with Crippen molar-refractivity contribution in [3.8, 4) is 0 Å². The summed E-state index contributed by atoms with van der Waals surface area (Å²) < 4.78 is 39.4. The van der Waals surface area contributed by atoms with Crippen LogP contribution in [0.5, 0.6) is 0 Å². The van der Waals surface area contributed by atoms with Crippen molar-refractivity contribution in [2.45, 2.75) is 45.5 Å². The van der Waals surface area contributed by atoms with E-state index in [2.05, 4.69) is 10.1 Å². The number of fused-ring (bicyclic) bond motifs is 1. The lowest BCUT2D eigenvalue weighted by molar-refractivity contribution is -0.184. The van der Waals surface area contributed by atoms with Crippen LogP contribution in [0, 0.1) is 11.8 Å². The molecule has 0 saturated carbocycles. The fraction of sp³-hybridized carbons (Fsp3) is 0.818. The molecule has 0 amide bonds. The number of halogens is 3. The summed E-state index contributed by atoms with van der Waals surface area (Å²) >= 11 is 0. The standard InChI is InChI=1S/C11H17F3N4/c1-6(2)3-9-16-10-8(15)4-7(11(12,13)14)5-18(10)17-9/h6-8H,3-5,15H2,1-2H3. The number of alkyl halides is 3. The van der Waals surface area contributed by atoms with Gasteiger partial charge in [0, 0.05) is 6.42 Å². The van der Waals surface area contributed by atoms with Gasteiger partial charge < -0.3 is 5.73 Å². The molecular formula is C11H17F3N4. The van der Waals surface area contributed by atoms with Crippen LogP contribution in [-0.4, -0.2) is 20.9 Å². The number of nitrogens with two attached hydrogens (primary N) is 1. The van der Waals surface area contributed by atoms with Crippen LogP contribution in [0.2, 0.25) is 0 Å². The van der Waals surface area contributed by atoms with Crippen molar-refractivity contribution in [2.75, 3.05) is 0 Å². The van der Waals surface area contributed by atoms with Crippen molar-refractivity contribution < 1.29 is 13.2 Å². The molecule has 0 saturated heterocycles. The average molecular weight is 262 g/mol. The second-order valence-corrected chi connectivity index (χ2v) is 5.25. The van der Waals surface area contributed by atoms with E-state index in [1.807, 2.05) is 13.8 Å². The summed E-state index contributed by atoms with van der Waals surface area (Å²) in [6.45, 7) is 3.86. The van der Waals surface area contributed by atoms with E-state index in [0.717, 1.165) is 0 Å². The highest BCUT2D eigenvalue weighted by molar-refractivity contribution is 5.03. The lowest BCUT2D eigenvalue weighted by Crippen LogP contribution is -2.37. The van der Waals surface area contributed by atoms with E-state index >= 15 is 0 Å². The van der Waals surface area contributed by atoms with E-state index in [-0.39, 0.29) is 13.0 Å². The summed E-state index contributed by atoms with van der Waals surface area (Å²) in [5, 5.41) is 4.13. The molecule has 1 aliphatic rings. The molecule has 0 aromatic carbocycles. The Bertz CT molecular complexity index is 424. The smallest absolute Gasteiger partial charge is 0.321 e. The predicted octanol–water partition coefficient (Wildman–Crippen LogP) is 2.06. The van der Waals surface area contributed by atoms with E-state index in [0.29, 0.717) is 24.0 Å². The zero-order chi connectivity index (χ0) is 13.5. The molecule has 2 rings (SSSR count). The predicted molar refractivity (Wildman–Crippen MR) is 59.7 cm³/mol. The fourth-order valence-electron chi connectivity index (χ4n) is 2.20. The first-order valence-corrected chi connectivity index (χ1v) is 6.03. The quantitative estimate of drug-likeness (QED) is 0.887. The Labute approximate surface area is 103 Å².